The van der Waals surface area contributed by atoms with Crippen LogP contribution in [-0.2, 0) is 0 Å². The van der Waals surface area contributed by atoms with Gasteiger partial charge in [0.15, 0.2) is 0 Å². The normalized spacial score (nSPS) is 10.7. The maximum atomic E-state index is 5.25. The van der Waals surface area contributed by atoms with Gasteiger partial charge in [-0.3, -0.25) is 4.98 Å². The van der Waals surface area contributed by atoms with Gasteiger partial charge in [-0.15, -0.1) is 0 Å². The van der Waals surface area contributed by atoms with Gasteiger partial charge in [-0.25, -0.2) is 9.97 Å². The molecule has 4 nitrogen and oxygen atoms in total. The van der Waals surface area contributed by atoms with Crippen molar-refractivity contribution in [2.75, 3.05) is 7.11 Å². The predicted octanol–water partition coefficient (Wildman–Crippen LogP) is 4.37. The number of fused-ring (bicyclic) bond motifs is 1. The number of rotatable bonds is 3. The van der Waals surface area contributed by atoms with Gasteiger partial charge in [-0.1, -0.05) is 30.3 Å². The van der Waals surface area contributed by atoms with E-state index in [1.807, 2.05) is 54.6 Å². The fourth-order valence-corrected chi connectivity index (χ4v) is 2.82. The molecule has 4 aromatic rings. The molecule has 4 rings (SSSR count). The molecule has 0 atom stereocenters. The van der Waals surface area contributed by atoms with Crippen LogP contribution >= 0.6 is 0 Å². The van der Waals surface area contributed by atoms with Gasteiger partial charge in [0.05, 0.1) is 18.3 Å². The summed E-state index contributed by atoms with van der Waals surface area (Å²) >= 11 is 0. The van der Waals surface area contributed by atoms with Gasteiger partial charge in [-0.2, -0.15) is 0 Å². The van der Waals surface area contributed by atoms with Crippen molar-refractivity contribution in [3.05, 3.63) is 73.2 Å². The molecule has 0 radical (unpaired) electrons. The van der Waals surface area contributed by atoms with Crippen LogP contribution < -0.4 is 4.74 Å². The number of nitrogens with zero attached hydrogens (tertiary/aromatic N) is 3. The monoisotopic (exact) mass is 313 g/mol. The number of methoxy groups -OCH3 is 1. The fourth-order valence-electron chi connectivity index (χ4n) is 2.82. The first-order chi connectivity index (χ1) is 11.9. The zero-order chi connectivity index (χ0) is 16.4. The smallest absolute Gasteiger partial charge is 0.118 e. The Kier molecular flexibility index (Phi) is 3.63. The zero-order valence-electron chi connectivity index (χ0n) is 13.2. The summed E-state index contributed by atoms with van der Waals surface area (Å²) in [5.41, 5.74) is 4.75. The third kappa shape index (κ3) is 2.48. The topological polar surface area (TPSA) is 47.9 Å². The number of hydrogen-bond acceptors (Lipinski definition) is 4. The average Bonchev–Trinajstić information content (AvgIpc) is 2.68. The molecule has 0 aliphatic heterocycles. The molecule has 116 valence electrons. The lowest BCUT2D eigenvalue weighted by Gasteiger charge is -2.11. The van der Waals surface area contributed by atoms with E-state index >= 15 is 0 Å². The largest absolute Gasteiger partial charge is 0.497 e. The summed E-state index contributed by atoms with van der Waals surface area (Å²) in [7, 11) is 1.67. The molecular weight excluding hydrogens is 298 g/mol. The second-order valence-electron chi connectivity index (χ2n) is 5.37. The molecule has 0 spiro atoms. The summed E-state index contributed by atoms with van der Waals surface area (Å²) in [5.74, 6) is 0.834. The van der Waals surface area contributed by atoms with E-state index in [4.69, 9.17) is 4.74 Å². The van der Waals surface area contributed by atoms with E-state index in [2.05, 4.69) is 21.0 Å². The minimum Gasteiger partial charge on any atom is -0.497 e. The molecule has 2 aromatic carbocycles. The van der Waals surface area contributed by atoms with Crippen molar-refractivity contribution in [3.8, 4) is 28.3 Å². The van der Waals surface area contributed by atoms with Crippen molar-refractivity contribution in [2.45, 2.75) is 0 Å². The standard InChI is InChI=1S/C20H15N3O/c1-24-15-10-8-14(9-11-15)16-5-4-7-17-19(16)20(23-13-22-17)18-6-2-3-12-21-18/h2-13H,1H3. The quantitative estimate of drug-likeness (QED) is 0.563. The minimum atomic E-state index is 0.834. The molecule has 0 fully saturated rings. The van der Waals surface area contributed by atoms with Gasteiger partial charge in [0.1, 0.15) is 17.8 Å². The number of hydrogen-bond donors (Lipinski definition) is 0. The highest BCUT2D eigenvalue weighted by molar-refractivity contribution is 6.02. The van der Waals surface area contributed by atoms with Crippen molar-refractivity contribution in [1.82, 2.24) is 15.0 Å². The van der Waals surface area contributed by atoms with Gasteiger partial charge >= 0.3 is 0 Å². The number of pyridine rings is 1. The van der Waals surface area contributed by atoms with E-state index in [1.165, 1.54) is 0 Å². The van der Waals surface area contributed by atoms with Crippen molar-refractivity contribution < 1.29 is 4.74 Å². The van der Waals surface area contributed by atoms with E-state index in [0.29, 0.717) is 0 Å². The van der Waals surface area contributed by atoms with Gasteiger partial charge in [0.2, 0.25) is 0 Å². The molecule has 0 unspecified atom stereocenters. The van der Waals surface area contributed by atoms with E-state index in [0.717, 1.165) is 39.2 Å². The van der Waals surface area contributed by atoms with Gasteiger partial charge < -0.3 is 4.74 Å². The molecule has 2 aromatic heterocycles. The summed E-state index contributed by atoms with van der Waals surface area (Å²) in [6, 6.07) is 19.9. The Hall–Kier alpha value is -3.27. The van der Waals surface area contributed by atoms with E-state index in [9.17, 15) is 0 Å². The van der Waals surface area contributed by atoms with Crippen molar-refractivity contribution >= 4 is 10.9 Å². The fraction of sp³-hybridized carbons (Fsp3) is 0.0500. The minimum absolute atomic E-state index is 0.834. The average molecular weight is 313 g/mol. The van der Waals surface area contributed by atoms with Crippen molar-refractivity contribution in [1.29, 1.82) is 0 Å². The number of ether oxygens (including phenoxy) is 1. The molecular formula is C20H15N3O. The first-order valence-corrected chi connectivity index (χ1v) is 7.66. The third-order valence-electron chi connectivity index (χ3n) is 3.97. The first-order valence-electron chi connectivity index (χ1n) is 7.66. The molecule has 0 aliphatic rings. The Morgan fingerprint density at radius 2 is 1.67 bits per heavy atom. The lowest BCUT2D eigenvalue weighted by molar-refractivity contribution is 0.415. The molecule has 2 heterocycles. The lowest BCUT2D eigenvalue weighted by Crippen LogP contribution is -1.93. The highest BCUT2D eigenvalue weighted by Crippen LogP contribution is 2.34. The molecule has 0 bridgehead atoms. The third-order valence-corrected chi connectivity index (χ3v) is 3.97. The van der Waals surface area contributed by atoms with Gasteiger partial charge in [-0.05, 0) is 41.5 Å². The summed E-state index contributed by atoms with van der Waals surface area (Å²) in [6.07, 6.45) is 3.36. The Labute approximate surface area is 139 Å². The molecule has 4 heteroatoms. The lowest BCUT2D eigenvalue weighted by atomic mass is 9.98. The van der Waals surface area contributed by atoms with Crippen LogP contribution in [0.4, 0.5) is 0 Å². The number of benzene rings is 2. The van der Waals surface area contributed by atoms with Crippen LogP contribution in [0.1, 0.15) is 0 Å². The number of aromatic nitrogens is 3. The molecule has 0 aliphatic carbocycles. The van der Waals surface area contributed by atoms with Crippen LogP contribution in [0.25, 0.3) is 33.4 Å². The molecule has 0 saturated carbocycles. The van der Waals surface area contributed by atoms with Crippen LogP contribution in [0, 0.1) is 0 Å². The highest BCUT2D eigenvalue weighted by atomic mass is 16.5. The summed E-state index contributed by atoms with van der Waals surface area (Å²) < 4.78 is 5.25. The Balaban J connectivity index is 1.99. The summed E-state index contributed by atoms with van der Waals surface area (Å²) in [6.45, 7) is 0. The molecule has 24 heavy (non-hydrogen) atoms. The second-order valence-corrected chi connectivity index (χ2v) is 5.37. The van der Waals surface area contributed by atoms with Crippen LogP contribution in [-0.4, -0.2) is 22.1 Å². The van der Waals surface area contributed by atoms with E-state index in [1.54, 1.807) is 19.6 Å². The maximum absolute atomic E-state index is 5.25. The Morgan fingerprint density at radius 3 is 2.42 bits per heavy atom. The summed E-state index contributed by atoms with van der Waals surface area (Å²) in [5, 5.41) is 1.00. The molecule has 0 saturated heterocycles. The Morgan fingerprint density at radius 1 is 0.792 bits per heavy atom. The molecule has 0 amide bonds. The zero-order valence-corrected chi connectivity index (χ0v) is 13.2. The van der Waals surface area contributed by atoms with E-state index in [-0.39, 0.29) is 0 Å². The van der Waals surface area contributed by atoms with Crippen molar-refractivity contribution in [3.63, 3.8) is 0 Å². The second kappa shape index (κ2) is 6.08. The van der Waals surface area contributed by atoms with Crippen molar-refractivity contribution in [2.24, 2.45) is 0 Å². The van der Waals surface area contributed by atoms with E-state index < -0.39 is 0 Å². The van der Waals surface area contributed by atoms with Gasteiger partial charge in [0.25, 0.3) is 0 Å². The van der Waals surface area contributed by atoms with Crippen LogP contribution in [0.3, 0.4) is 0 Å². The molecule has 0 N–H and O–H groups in total. The van der Waals surface area contributed by atoms with Crippen LogP contribution in [0.15, 0.2) is 73.2 Å². The maximum Gasteiger partial charge on any atom is 0.118 e. The Bertz CT molecular complexity index is 977. The highest BCUT2D eigenvalue weighted by Gasteiger charge is 2.12. The van der Waals surface area contributed by atoms with Crippen LogP contribution in [0.5, 0.6) is 5.75 Å². The first kappa shape index (κ1) is 14.3. The van der Waals surface area contributed by atoms with Gasteiger partial charge in [0, 0.05) is 11.6 Å². The summed E-state index contributed by atoms with van der Waals surface area (Å²) in [4.78, 5) is 13.4. The van der Waals surface area contributed by atoms with Crippen LogP contribution in [0.2, 0.25) is 0 Å². The SMILES string of the molecule is COc1ccc(-c2cccc3ncnc(-c4ccccn4)c23)cc1. The predicted molar refractivity (Wildman–Crippen MR) is 94.8 cm³/mol.